The van der Waals surface area contributed by atoms with Gasteiger partial charge in [-0.15, -0.1) is 0 Å². The van der Waals surface area contributed by atoms with E-state index in [1.54, 1.807) is 0 Å². The Labute approximate surface area is 93.9 Å². The second-order valence-corrected chi connectivity index (χ2v) is 4.55. The number of hydrogen-bond acceptors (Lipinski definition) is 1. The maximum absolute atomic E-state index is 3.44. The van der Waals surface area contributed by atoms with E-state index in [0.717, 1.165) is 6.54 Å². The van der Waals surface area contributed by atoms with Gasteiger partial charge in [-0.3, -0.25) is 0 Å². The zero-order valence-electron chi connectivity index (χ0n) is 10.2. The Morgan fingerprint density at radius 1 is 1.20 bits per heavy atom. The maximum atomic E-state index is 3.44. The third kappa shape index (κ3) is 5.58. The first-order valence-corrected chi connectivity index (χ1v) is 5.97. The molecule has 0 bridgehead atoms. The molecule has 0 saturated heterocycles. The number of nitrogens with one attached hydrogen (secondary N) is 1. The van der Waals surface area contributed by atoms with Gasteiger partial charge in [-0.1, -0.05) is 43.7 Å². The molecule has 0 unspecified atom stereocenters. The van der Waals surface area contributed by atoms with Gasteiger partial charge in [-0.25, -0.2) is 0 Å². The van der Waals surface area contributed by atoms with Crippen LogP contribution in [0.1, 0.15) is 37.8 Å². The highest BCUT2D eigenvalue weighted by atomic mass is 14.9. The van der Waals surface area contributed by atoms with Crippen molar-refractivity contribution in [3.63, 3.8) is 0 Å². The molecular formula is C14H23N. The lowest BCUT2D eigenvalue weighted by molar-refractivity contribution is 0.557. The summed E-state index contributed by atoms with van der Waals surface area (Å²) in [5.74, 6) is 0. The largest absolute Gasteiger partial charge is 0.315 e. The standard InChI is InChI=1S/C14H23N/c1-12(2)15-10-5-4-8-14-9-6-7-13(3)11-14/h6-7,9,11-12,15H,4-5,8,10H2,1-3H3. The van der Waals surface area contributed by atoms with Crippen molar-refractivity contribution in [3.05, 3.63) is 35.4 Å². The summed E-state index contributed by atoms with van der Waals surface area (Å²) in [6.07, 6.45) is 3.76. The summed E-state index contributed by atoms with van der Waals surface area (Å²) in [4.78, 5) is 0. The Balaban J connectivity index is 2.15. The van der Waals surface area contributed by atoms with Gasteiger partial charge in [-0.05, 0) is 38.3 Å². The van der Waals surface area contributed by atoms with E-state index in [1.165, 1.54) is 30.4 Å². The van der Waals surface area contributed by atoms with Gasteiger partial charge >= 0.3 is 0 Å². The predicted molar refractivity (Wildman–Crippen MR) is 67.3 cm³/mol. The molecule has 0 saturated carbocycles. The Hall–Kier alpha value is -0.820. The average molecular weight is 205 g/mol. The van der Waals surface area contributed by atoms with Crippen LogP contribution in [0.2, 0.25) is 0 Å². The van der Waals surface area contributed by atoms with Crippen LogP contribution in [0.15, 0.2) is 24.3 Å². The Bertz CT molecular complexity index is 278. The number of rotatable bonds is 6. The van der Waals surface area contributed by atoms with Crippen LogP contribution in [-0.4, -0.2) is 12.6 Å². The summed E-state index contributed by atoms with van der Waals surface area (Å²) < 4.78 is 0. The number of hydrogen-bond donors (Lipinski definition) is 1. The van der Waals surface area contributed by atoms with Crippen molar-refractivity contribution in [3.8, 4) is 0 Å². The molecule has 84 valence electrons. The Morgan fingerprint density at radius 3 is 2.67 bits per heavy atom. The van der Waals surface area contributed by atoms with Crippen molar-refractivity contribution in [2.24, 2.45) is 0 Å². The molecular weight excluding hydrogens is 182 g/mol. The van der Waals surface area contributed by atoms with Crippen LogP contribution in [-0.2, 0) is 6.42 Å². The highest BCUT2D eigenvalue weighted by molar-refractivity contribution is 5.22. The second-order valence-electron chi connectivity index (χ2n) is 4.55. The molecule has 0 aliphatic rings. The van der Waals surface area contributed by atoms with Gasteiger partial charge in [-0.2, -0.15) is 0 Å². The zero-order chi connectivity index (χ0) is 11.1. The van der Waals surface area contributed by atoms with E-state index < -0.39 is 0 Å². The molecule has 1 aromatic rings. The van der Waals surface area contributed by atoms with Gasteiger partial charge in [0.15, 0.2) is 0 Å². The number of benzene rings is 1. The molecule has 0 spiro atoms. The summed E-state index contributed by atoms with van der Waals surface area (Å²) in [5.41, 5.74) is 2.84. The van der Waals surface area contributed by atoms with Gasteiger partial charge in [0, 0.05) is 6.04 Å². The van der Waals surface area contributed by atoms with Crippen LogP contribution in [0.5, 0.6) is 0 Å². The fraction of sp³-hybridized carbons (Fsp3) is 0.571. The SMILES string of the molecule is Cc1cccc(CCCCNC(C)C)c1. The average Bonchev–Trinajstić information content (AvgIpc) is 2.17. The topological polar surface area (TPSA) is 12.0 Å². The van der Waals surface area contributed by atoms with Crippen LogP contribution in [0.3, 0.4) is 0 Å². The molecule has 15 heavy (non-hydrogen) atoms. The molecule has 0 atom stereocenters. The van der Waals surface area contributed by atoms with E-state index in [4.69, 9.17) is 0 Å². The maximum Gasteiger partial charge on any atom is 0.00103 e. The molecule has 0 radical (unpaired) electrons. The van der Waals surface area contributed by atoms with E-state index in [-0.39, 0.29) is 0 Å². The minimum atomic E-state index is 0.615. The molecule has 0 fully saturated rings. The Morgan fingerprint density at radius 2 is 2.00 bits per heavy atom. The molecule has 1 nitrogen and oxygen atoms in total. The zero-order valence-corrected chi connectivity index (χ0v) is 10.2. The summed E-state index contributed by atoms with van der Waals surface area (Å²) in [6.45, 7) is 7.69. The van der Waals surface area contributed by atoms with E-state index in [0.29, 0.717) is 6.04 Å². The molecule has 1 aromatic carbocycles. The van der Waals surface area contributed by atoms with Crippen LogP contribution >= 0.6 is 0 Å². The molecule has 0 aromatic heterocycles. The van der Waals surface area contributed by atoms with Crippen molar-refractivity contribution >= 4 is 0 Å². The van der Waals surface area contributed by atoms with Crippen molar-refractivity contribution in [2.45, 2.75) is 46.1 Å². The molecule has 0 heterocycles. The fourth-order valence-corrected chi connectivity index (χ4v) is 1.71. The minimum absolute atomic E-state index is 0.615. The molecule has 0 amide bonds. The van der Waals surface area contributed by atoms with Crippen LogP contribution < -0.4 is 5.32 Å². The van der Waals surface area contributed by atoms with E-state index in [2.05, 4.69) is 50.4 Å². The molecule has 0 aliphatic carbocycles. The van der Waals surface area contributed by atoms with E-state index >= 15 is 0 Å². The van der Waals surface area contributed by atoms with Gasteiger partial charge in [0.2, 0.25) is 0 Å². The van der Waals surface area contributed by atoms with Gasteiger partial charge in [0.05, 0.1) is 0 Å². The van der Waals surface area contributed by atoms with Gasteiger partial charge in [0.25, 0.3) is 0 Å². The number of aryl methyl sites for hydroxylation is 2. The second kappa shape index (κ2) is 6.62. The fourth-order valence-electron chi connectivity index (χ4n) is 1.71. The quantitative estimate of drug-likeness (QED) is 0.703. The van der Waals surface area contributed by atoms with Crippen molar-refractivity contribution < 1.29 is 0 Å². The van der Waals surface area contributed by atoms with E-state index in [9.17, 15) is 0 Å². The lowest BCUT2D eigenvalue weighted by Gasteiger charge is -2.07. The third-order valence-corrected chi connectivity index (χ3v) is 2.53. The summed E-state index contributed by atoms with van der Waals surface area (Å²) >= 11 is 0. The lowest BCUT2D eigenvalue weighted by atomic mass is 10.1. The summed E-state index contributed by atoms with van der Waals surface area (Å²) in [6, 6.07) is 9.43. The third-order valence-electron chi connectivity index (χ3n) is 2.53. The van der Waals surface area contributed by atoms with Crippen LogP contribution in [0.25, 0.3) is 0 Å². The first-order chi connectivity index (χ1) is 7.18. The van der Waals surface area contributed by atoms with Crippen molar-refractivity contribution in [2.75, 3.05) is 6.54 Å². The molecule has 0 aliphatic heterocycles. The van der Waals surface area contributed by atoms with Gasteiger partial charge in [0.1, 0.15) is 0 Å². The normalized spacial score (nSPS) is 10.9. The lowest BCUT2D eigenvalue weighted by Crippen LogP contribution is -2.23. The van der Waals surface area contributed by atoms with Crippen LogP contribution in [0.4, 0.5) is 0 Å². The first-order valence-electron chi connectivity index (χ1n) is 5.97. The Kier molecular flexibility index (Phi) is 5.41. The highest BCUT2D eigenvalue weighted by Crippen LogP contribution is 2.07. The van der Waals surface area contributed by atoms with Crippen molar-refractivity contribution in [1.82, 2.24) is 5.32 Å². The molecule has 1 heteroatoms. The smallest absolute Gasteiger partial charge is 0.00103 e. The van der Waals surface area contributed by atoms with E-state index in [1.807, 2.05) is 0 Å². The minimum Gasteiger partial charge on any atom is -0.315 e. The summed E-state index contributed by atoms with van der Waals surface area (Å²) in [7, 11) is 0. The monoisotopic (exact) mass is 205 g/mol. The summed E-state index contributed by atoms with van der Waals surface area (Å²) in [5, 5.41) is 3.44. The predicted octanol–water partition coefficient (Wildman–Crippen LogP) is 3.32. The highest BCUT2D eigenvalue weighted by Gasteiger charge is 1.95. The first kappa shape index (κ1) is 12.3. The van der Waals surface area contributed by atoms with Crippen LogP contribution in [0, 0.1) is 6.92 Å². The molecule has 1 N–H and O–H groups in total. The number of unbranched alkanes of at least 4 members (excludes halogenated alkanes) is 1. The molecule has 1 rings (SSSR count). The van der Waals surface area contributed by atoms with Gasteiger partial charge < -0.3 is 5.32 Å². The van der Waals surface area contributed by atoms with Crippen molar-refractivity contribution in [1.29, 1.82) is 0 Å².